The van der Waals surface area contributed by atoms with Gasteiger partial charge < -0.3 is 15.2 Å². The second-order valence-electron chi connectivity index (χ2n) is 4.45. The lowest BCUT2D eigenvalue weighted by Crippen LogP contribution is -2.28. The fourth-order valence-corrected chi connectivity index (χ4v) is 2.24. The van der Waals surface area contributed by atoms with Gasteiger partial charge in [-0.15, -0.1) is 0 Å². The van der Waals surface area contributed by atoms with Crippen LogP contribution in [0.15, 0.2) is 18.2 Å². The van der Waals surface area contributed by atoms with Gasteiger partial charge in [0.1, 0.15) is 5.75 Å². The van der Waals surface area contributed by atoms with Crippen molar-refractivity contribution in [3.63, 3.8) is 0 Å². The maximum Gasteiger partial charge on any atom is 0.141 e. The van der Waals surface area contributed by atoms with E-state index in [0.29, 0.717) is 0 Å². The fraction of sp³-hybridized carbons (Fsp3) is 0.538. The zero-order valence-corrected chi connectivity index (χ0v) is 9.86. The summed E-state index contributed by atoms with van der Waals surface area (Å²) in [5.74, 6) is 0.838. The highest BCUT2D eigenvalue weighted by Gasteiger charge is 2.25. The summed E-state index contributed by atoms with van der Waals surface area (Å²) in [6.07, 6.45) is 2.78. The van der Waals surface area contributed by atoms with Crippen LogP contribution in [0, 0.1) is 6.92 Å². The Labute approximate surface area is 96.4 Å². The molecule has 1 aromatic rings. The summed E-state index contributed by atoms with van der Waals surface area (Å²) in [5, 5.41) is 13.2. The molecule has 2 rings (SSSR count). The molecular weight excluding hydrogens is 202 g/mol. The molecule has 3 nitrogen and oxygen atoms in total. The predicted octanol–water partition coefficient (Wildman–Crippen LogP) is 2.33. The Kier molecular flexibility index (Phi) is 3.34. The largest absolute Gasteiger partial charge is 0.495 e. The lowest BCUT2D eigenvalue weighted by molar-refractivity contribution is 0.171. The monoisotopic (exact) mass is 221 g/mol. The van der Waals surface area contributed by atoms with Crippen LogP contribution in [0.3, 0.4) is 0 Å². The molecule has 88 valence electrons. The van der Waals surface area contributed by atoms with Crippen LogP contribution in [0.25, 0.3) is 0 Å². The molecule has 0 spiro atoms. The highest BCUT2D eigenvalue weighted by molar-refractivity contribution is 5.58. The minimum absolute atomic E-state index is 0.163. The molecular formula is C13H19NO2. The van der Waals surface area contributed by atoms with Gasteiger partial charge in [0, 0.05) is 0 Å². The summed E-state index contributed by atoms with van der Waals surface area (Å²) in [4.78, 5) is 0. The van der Waals surface area contributed by atoms with Crippen molar-refractivity contribution in [3.8, 4) is 5.75 Å². The minimum atomic E-state index is -0.231. The van der Waals surface area contributed by atoms with Crippen molar-refractivity contribution in [3.05, 3.63) is 23.8 Å². The van der Waals surface area contributed by atoms with Gasteiger partial charge >= 0.3 is 0 Å². The second kappa shape index (κ2) is 4.74. The van der Waals surface area contributed by atoms with Crippen LogP contribution in [-0.4, -0.2) is 24.4 Å². The van der Waals surface area contributed by atoms with Crippen molar-refractivity contribution >= 4 is 5.69 Å². The molecule has 0 aromatic heterocycles. The molecule has 2 atom stereocenters. The van der Waals surface area contributed by atoms with Gasteiger partial charge in [0.2, 0.25) is 0 Å². The third kappa shape index (κ3) is 2.30. The average molecular weight is 221 g/mol. The van der Waals surface area contributed by atoms with Gasteiger partial charge in [-0.2, -0.15) is 0 Å². The van der Waals surface area contributed by atoms with Crippen molar-refractivity contribution in [1.29, 1.82) is 0 Å². The quantitative estimate of drug-likeness (QED) is 0.823. The van der Waals surface area contributed by atoms with E-state index in [1.165, 1.54) is 5.56 Å². The highest BCUT2D eigenvalue weighted by Crippen LogP contribution is 2.29. The molecule has 16 heavy (non-hydrogen) atoms. The summed E-state index contributed by atoms with van der Waals surface area (Å²) in [6, 6.07) is 6.20. The van der Waals surface area contributed by atoms with Crippen LogP contribution in [-0.2, 0) is 0 Å². The number of hydrogen-bond acceptors (Lipinski definition) is 3. The number of nitrogens with one attached hydrogen (secondary N) is 1. The van der Waals surface area contributed by atoms with E-state index in [4.69, 9.17) is 4.74 Å². The maximum absolute atomic E-state index is 9.78. The molecule has 1 saturated carbocycles. The number of aliphatic hydroxyl groups excluding tert-OH is 1. The Bertz CT molecular complexity index is 365. The van der Waals surface area contributed by atoms with Gasteiger partial charge in [-0.3, -0.25) is 0 Å². The molecule has 0 radical (unpaired) electrons. The van der Waals surface area contributed by atoms with Crippen molar-refractivity contribution < 1.29 is 9.84 Å². The lowest BCUT2D eigenvalue weighted by atomic mass is 10.1. The van der Waals surface area contributed by atoms with E-state index in [2.05, 4.69) is 18.3 Å². The molecule has 0 saturated heterocycles. The van der Waals surface area contributed by atoms with Gasteiger partial charge in [-0.1, -0.05) is 6.07 Å². The van der Waals surface area contributed by atoms with E-state index in [0.717, 1.165) is 30.7 Å². The normalized spacial score (nSPS) is 24.4. The fourth-order valence-electron chi connectivity index (χ4n) is 2.24. The zero-order valence-electron chi connectivity index (χ0n) is 9.86. The van der Waals surface area contributed by atoms with Gasteiger partial charge in [0.15, 0.2) is 0 Å². The smallest absolute Gasteiger partial charge is 0.141 e. The van der Waals surface area contributed by atoms with E-state index < -0.39 is 0 Å². The van der Waals surface area contributed by atoms with Crippen molar-refractivity contribution in [2.24, 2.45) is 0 Å². The van der Waals surface area contributed by atoms with Gasteiger partial charge in [-0.05, 0) is 43.9 Å². The number of aryl methyl sites for hydroxylation is 1. The van der Waals surface area contributed by atoms with Crippen LogP contribution >= 0.6 is 0 Å². The average Bonchev–Trinajstić information content (AvgIpc) is 2.65. The van der Waals surface area contributed by atoms with Crippen LogP contribution < -0.4 is 10.1 Å². The summed E-state index contributed by atoms with van der Waals surface area (Å²) in [7, 11) is 1.67. The molecule has 0 bridgehead atoms. The Hall–Kier alpha value is -1.22. The first-order valence-corrected chi connectivity index (χ1v) is 5.80. The number of benzene rings is 1. The van der Waals surface area contributed by atoms with E-state index in [9.17, 15) is 5.11 Å². The topological polar surface area (TPSA) is 41.5 Å². The van der Waals surface area contributed by atoms with Crippen molar-refractivity contribution in [1.82, 2.24) is 0 Å². The molecule has 1 aliphatic carbocycles. The summed E-state index contributed by atoms with van der Waals surface area (Å²) < 4.78 is 5.30. The van der Waals surface area contributed by atoms with E-state index >= 15 is 0 Å². The van der Waals surface area contributed by atoms with Crippen LogP contribution in [0.1, 0.15) is 24.8 Å². The van der Waals surface area contributed by atoms with Crippen LogP contribution in [0.5, 0.6) is 5.75 Å². The molecule has 1 aliphatic rings. The first-order valence-electron chi connectivity index (χ1n) is 5.80. The first-order chi connectivity index (χ1) is 7.70. The third-order valence-electron chi connectivity index (χ3n) is 3.18. The van der Waals surface area contributed by atoms with Crippen LogP contribution in [0.2, 0.25) is 0 Å². The van der Waals surface area contributed by atoms with Crippen molar-refractivity contribution in [2.45, 2.75) is 38.3 Å². The second-order valence-corrected chi connectivity index (χ2v) is 4.45. The molecule has 0 heterocycles. The van der Waals surface area contributed by atoms with Crippen LogP contribution in [0.4, 0.5) is 5.69 Å². The SMILES string of the molecule is COc1ccc(C)cc1N[C@@H]1CCC[C@H]1O. The third-order valence-corrected chi connectivity index (χ3v) is 3.18. The molecule has 0 aliphatic heterocycles. The molecule has 2 N–H and O–H groups in total. The predicted molar refractivity (Wildman–Crippen MR) is 65.0 cm³/mol. The number of aliphatic hydroxyl groups is 1. The number of rotatable bonds is 3. The molecule has 1 fully saturated rings. The Morgan fingerprint density at radius 1 is 1.38 bits per heavy atom. The van der Waals surface area contributed by atoms with E-state index in [1.807, 2.05) is 12.1 Å². The van der Waals surface area contributed by atoms with E-state index in [-0.39, 0.29) is 12.1 Å². The summed E-state index contributed by atoms with van der Waals surface area (Å²) in [5.41, 5.74) is 2.17. The molecule has 3 heteroatoms. The number of anilines is 1. The van der Waals surface area contributed by atoms with Gasteiger partial charge in [0.05, 0.1) is 24.9 Å². The highest BCUT2D eigenvalue weighted by atomic mass is 16.5. The maximum atomic E-state index is 9.78. The Balaban J connectivity index is 2.16. The van der Waals surface area contributed by atoms with E-state index in [1.54, 1.807) is 7.11 Å². The summed E-state index contributed by atoms with van der Waals surface area (Å²) >= 11 is 0. The minimum Gasteiger partial charge on any atom is -0.495 e. The van der Waals surface area contributed by atoms with Gasteiger partial charge in [-0.25, -0.2) is 0 Å². The zero-order chi connectivity index (χ0) is 11.5. The van der Waals surface area contributed by atoms with Crippen molar-refractivity contribution in [2.75, 3.05) is 12.4 Å². The number of methoxy groups -OCH3 is 1. The Morgan fingerprint density at radius 2 is 2.19 bits per heavy atom. The molecule has 0 amide bonds. The van der Waals surface area contributed by atoms with Gasteiger partial charge in [0.25, 0.3) is 0 Å². The standard InChI is InChI=1S/C13H19NO2/c1-9-6-7-13(16-2)11(8-9)14-10-4-3-5-12(10)15/h6-8,10,12,14-15H,3-5H2,1-2H3/t10-,12-/m1/s1. The first kappa shape index (κ1) is 11.3. The Morgan fingerprint density at radius 3 is 2.81 bits per heavy atom. The number of hydrogen-bond donors (Lipinski definition) is 2. The molecule has 0 unspecified atom stereocenters. The molecule has 1 aromatic carbocycles. The lowest BCUT2D eigenvalue weighted by Gasteiger charge is -2.20. The number of ether oxygens (including phenoxy) is 1. The summed E-state index contributed by atoms with van der Waals surface area (Å²) in [6.45, 7) is 2.05.